The lowest BCUT2D eigenvalue weighted by Crippen LogP contribution is -2.28. The summed E-state index contributed by atoms with van der Waals surface area (Å²) in [5, 5.41) is 10.1. The third kappa shape index (κ3) is 2.99. The van der Waals surface area contributed by atoms with E-state index in [-0.39, 0.29) is 6.10 Å². The number of anilines is 1. The molecule has 0 amide bonds. The van der Waals surface area contributed by atoms with Gasteiger partial charge in [-0.2, -0.15) is 0 Å². The van der Waals surface area contributed by atoms with Crippen molar-refractivity contribution in [2.24, 2.45) is 0 Å². The minimum atomic E-state index is -0.316. The van der Waals surface area contributed by atoms with E-state index in [1.807, 2.05) is 25.1 Å². The van der Waals surface area contributed by atoms with Gasteiger partial charge in [-0.25, -0.2) is 0 Å². The number of ether oxygens (including phenoxy) is 1. The zero-order valence-corrected chi connectivity index (χ0v) is 10.4. The topological polar surface area (TPSA) is 32.7 Å². The minimum absolute atomic E-state index is 0.316. The van der Waals surface area contributed by atoms with E-state index in [0.29, 0.717) is 0 Å². The quantitative estimate of drug-likeness (QED) is 0.813. The molecule has 0 aromatic heterocycles. The summed E-state index contributed by atoms with van der Waals surface area (Å²) < 4.78 is 5.41. The predicted octanol–water partition coefficient (Wildman–Crippen LogP) is 2.36. The van der Waals surface area contributed by atoms with Crippen molar-refractivity contribution in [3.8, 4) is 0 Å². The van der Waals surface area contributed by atoms with Crippen molar-refractivity contribution < 1.29 is 9.84 Å². The second kappa shape index (κ2) is 6.03. The molecule has 0 saturated carbocycles. The van der Waals surface area contributed by atoms with Gasteiger partial charge in [0.2, 0.25) is 0 Å². The molecule has 0 spiro atoms. The van der Waals surface area contributed by atoms with Gasteiger partial charge in [-0.15, -0.1) is 0 Å². The standard InChI is InChI=1S/C14H21NO2/c1-2-17-11-10-15-9-5-8-14(16)12-6-3-4-7-13(12)15/h3-4,6-7,14,16H,2,5,8-11H2,1H3. The number of nitrogens with zero attached hydrogens (tertiary/aromatic N) is 1. The molecule has 0 aliphatic carbocycles. The molecule has 2 rings (SSSR count). The Balaban J connectivity index is 2.14. The summed E-state index contributed by atoms with van der Waals surface area (Å²) in [6.07, 6.45) is 1.56. The molecule has 3 heteroatoms. The maximum absolute atomic E-state index is 10.1. The largest absolute Gasteiger partial charge is 0.388 e. The van der Waals surface area contributed by atoms with Crippen molar-refractivity contribution in [2.45, 2.75) is 25.9 Å². The average molecular weight is 235 g/mol. The molecule has 3 nitrogen and oxygen atoms in total. The van der Waals surface area contributed by atoms with Crippen LogP contribution < -0.4 is 4.90 Å². The van der Waals surface area contributed by atoms with Gasteiger partial charge in [0.25, 0.3) is 0 Å². The molecular formula is C14H21NO2. The first kappa shape index (κ1) is 12.4. The Labute approximate surface area is 103 Å². The van der Waals surface area contributed by atoms with Crippen LogP contribution in [0.4, 0.5) is 5.69 Å². The Bertz CT molecular complexity index is 354. The average Bonchev–Trinajstić information content (AvgIpc) is 2.51. The molecular weight excluding hydrogens is 214 g/mol. The van der Waals surface area contributed by atoms with E-state index in [1.54, 1.807) is 0 Å². The van der Waals surface area contributed by atoms with Gasteiger partial charge >= 0.3 is 0 Å². The fourth-order valence-corrected chi connectivity index (χ4v) is 2.36. The van der Waals surface area contributed by atoms with E-state index in [9.17, 15) is 5.11 Å². The Kier molecular flexibility index (Phi) is 4.40. The van der Waals surface area contributed by atoms with Crippen molar-refractivity contribution in [2.75, 3.05) is 31.2 Å². The summed E-state index contributed by atoms with van der Waals surface area (Å²) in [5.74, 6) is 0. The first-order valence-corrected chi connectivity index (χ1v) is 6.42. The summed E-state index contributed by atoms with van der Waals surface area (Å²) in [7, 11) is 0. The van der Waals surface area contributed by atoms with E-state index in [2.05, 4.69) is 11.0 Å². The van der Waals surface area contributed by atoms with Crippen LogP contribution in [0.3, 0.4) is 0 Å². The molecule has 94 valence electrons. The van der Waals surface area contributed by atoms with Crippen LogP contribution in [0, 0.1) is 0 Å². The van der Waals surface area contributed by atoms with Gasteiger partial charge in [-0.05, 0) is 25.8 Å². The predicted molar refractivity (Wildman–Crippen MR) is 69.3 cm³/mol. The smallest absolute Gasteiger partial charge is 0.0810 e. The molecule has 1 atom stereocenters. The first-order valence-electron chi connectivity index (χ1n) is 6.42. The molecule has 1 N–H and O–H groups in total. The normalized spacial score (nSPS) is 19.9. The lowest BCUT2D eigenvalue weighted by molar-refractivity contribution is 0.153. The van der Waals surface area contributed by atoms with Gasteiger partial charge in [0.05, 0.1) is 12.7 Å². The zero-order valence-electron chi connectivity index (χ0n) is 10.4. The number of rotatable bonds is 4. The van der Waals surface area contributed by atoms with Gasteiger partial charge in [0.1, 0.15) is 0 Å². The Morgan fingerprint density at radius 3 is 3.06 bits per heavy atom. The lowest BCUT2D eigenvalue weighted by Gasteiger charge is -2.25. The molecule has 1 unspecified atom stereocenters. The third-order valence-corrected chi connectivity index (χ3v) is 3.25. The number of benzene rings is 1. The van der Waals surface area contributed by atoms with Crippen LogP contribution in [0.25, 0.3) is 0 Å². The monoisotopic (exact) mass is 235 g/mol. The Morgan fingerprint density at radius 1 is 1.41 bits per heavy atom. The molecule has 1 aliphatic rings. The Hall–Kier alpha value is -1.06. The third-order valence-electron chi connectivity index (χ3n) is 3.25. The second-order valence-electron chi connectivity index (χ2n) is 4.40. The second-order valence-corrected chi connectivity index (χ2v) is 4.40. The number of hydrogen-bond donors (Lipinski definition) is 1. The molecule has 1 aromatic rings. The van der Waals surface area contributed by atoms with Crippen LogP contribution in [-0.2, 0) is 4.74 Å². The van der Waals surface area contributed by atoms with Crippen molar-refractivity contribution in [1.29, 1.82) is 0 Å². The van der Waals surface area contributed by atoms with E-state index in [4.69, 9.17) is 4.74 Å². The van der Waals surface area contributed by atoms with Crippen LogP contribution in [0.5, 0.6) is 0 Å². The number of fused-ring (bicyclic) bond motifs is 1. The van der Waals surface area contributed by atoms with Gasteiger partial charge in [0, 0.05) is 30.9 Å². The van der Waals surface area contributed by atoms with Crippen molar-refractivity contribution in [3.63, 3.8) is 0 Å². The van der Waals surface area contributed by atoms with Crippen molar-refractivity contribution >= 4 is 5.69 Å². The van der Waals surface area contributed by atoms with Crippen LogP contribution in [0.2, 0.25) is 0 Å². The first-order chi connectivity index (χ1) is 8.33. The lowest BCUT2D eigenvalue weighted by atomic mass is 10.0. The Morgan fingerprint density at radius 2 is 2.24 bits per heavy atom. The van der Waals surface area contributed by atoms with Crippen LogP contribution in [-0.4, -0.2) is 31.4 Å². The van der Waals surface area contributed by atoms with Gasteiger partial charge in [0.15, 0.2) is 0 Å². The van der Waals surface area contributed by atoms with Gasteiger partial charge < -0.3 is 14.7 Å². The van der Waals surface area contributed by atoms with E-state index < -0.39 is 0 Å². The van der Waals surface area contributed by atoms with Gasteiger partial charge in [-0.3, -0.25) is 0 Å². The minimum Gasteiger partial charge on any atom is -0.388 e. The summed E-state index contributed by atoms with van der Waals surface area (Å²) in [4.78, 5) is 2.32. The SMILES string of the molecule is CCOCCN1CCCC(O)c2ccccc21. The van der Waals surface area contributed by atoms with E-state index in [0.717, 1.165) is 50.4 Å². The maximum Gasteiger partial charge on any atom is 0.0810 e. The number of hydrogen-bond acceptors (Lipinski definition) is 3. The molecule has 0 saturated heterocycles. The fourth-order valence-electron chi connectivity index (χ4n) is 2.36. The summed E-state index contributed by atoms with van der Waals surface area (Å²) in [6, 6.07) is 8.15. The maximum atomic E-state index is 10.1. The summed E-state index contributed by atoms with van der Waals surface area (Å²) in [6.45, 7) is 5.43. The highest BCUT2D eigenvalue weighted by Crippen LogP contribution is 2.32. The van der Waals surface area contributed by atoms with Crippen molar-refractivity contribution in [1.82, 2.24) is 0 Å². The number of aliphatic hydroxyl groups is 1. The highest BCUT2D eigenvalue weighted by Gasteiger charge is 2.20. The molecule has 1 heterocycles. The van der Waals surface area contributed by atoms with E-state index in [1.165, 1.54) is 0 Å². The van der Waals surface area contributed by atoms with Crippen molar-refractivity contribution in [3.05, 3.63) is 29.8 Å². The van der Waals surface area contributed by atoms with Crippen LogP contribution in [0.15, 0.2) is 24.3 Å². The zero-order chi connectivity index (χ0) is 12.1. The van der Waals surface area contributed by atoms with Crippen LogP contribution in [0.1, 0.15) is 31.4 Å². The highest BCUT2D eigenvalue weighted by atomic mass is 16.5. The molecule has 17 heavy (non-hydrogen) atoms. The highest BCUT2D eigenvalue weighted by molar-refractivity contribution is 5.55. The van der Waals surface area contributed by atoms with E-state index >= 15 is 0 Å². The summed E-state index contributed by atoms with van der Waals surface area (Å²) >= 11 is 0. The molecule has 1 aromatic carbocycles. The number of para-hydroxylation sites is 1. The van der Waals surface area contributed by atoms with Gasteiger partial charge in [-0.1, -0.05) is 18.2 Å². The molecule has 1 aliphatic heterocycles. The molecule has 0 bridgehead atoms. The molecule has 0 radical (unpaired) electrons. The number of aliphatic hydroxyl groups excluding tert-OH is 1. The molecule has 0 fully saturated rings. The van der Waals surface area contributed by atoms with Crippen LogP contribution >= 0.6 is 0 Å². The fraction of sp³-hybridized carbons (Fsp3) is 0.571. The summed E-state index contributed by atoms with van der Waals surface area (Å²) in [5.41, 5.74) is 2.22.